The van der Waals surface area contributed by atoms with E-state index in [2.05, 4.69) is 0 Å². The van der Waals surface area contributed by atoms with Gasteiger partial charge >= 0.3 is 0 Å². The second-order valence-electron chi connectivity index (χ2n) is 2.58. The Hall–Kier alpha value is -0.570. The highest BCUT2D eigenvalue weighted by molar-refractivity contribution is 5.80. The second-order valence-corrected chi connectivity index (χ2v) is 2.58. The van der Waals surface area contributed by atoms with Gasteiger partial charge in [-0.15, -0.1) is 0 Å². The molecule has 0 rings (SSSR count). The molecule has 0 heterocycles. The van der Waals surface area contributed by atoms with Crippen LogP contribution in [0.3, 0.4) is 0 Å². The van der Waals surface area contributed by atoms with Gasteiger partial charge in [-0.2, -0.15) is 0 Å². The summed E-state index contributed by atoms with van der Waals surface area (Å²) in [6, 6.07) is 0. The maximum Gasteiger partial charge on any atom is 0.251 e. The number of carbonyl (C=O) groups is 1. The van der Waals surface area contributed by atoms with E-state index in [1.54, 1.807) is 19.0 Å². The fraction of sp³-hybridized carbons (Fsp3) is 0.875. The van der Waals surface area contributed by atoms with Crippen LogP contribution in [-0.2, 0) is 9.53 Å². The Morgan fingerprint density at radius 2 is 2.00 bits per heavy atom. The van der Waals surface area contributed by atoms with E-state index in [-0.39, 0.29) is 12.0 Å². The van der Waals surface area contributed by atoms with Crippen LogP contribution < -0.4 is 0 Å². The number of amides is 1. The lowest BCUT2D eigenvalue weighted by Crippen LogP contribution is -2.35. The molecule has 0 saturated heterocycles. The fourth-order valence-corrected chi connectivity index (χ4v) is 0.853. The molecule has 0 spiro atoms. The van der Waals surface area contributed by atoms with Crippen LogP contribution in [0.4, 0.5) is 0 Å². The number of hydrogen-bond acceptors (Lipinski definition) is 2. The Kier molecular flexibility index (Phi) is 4.86. The van der Waals surface area contributed by atoms with Crippen molar-refractivity contribution in [3.8, 4) is 0 Å². The molecular formula is C8H17NO2. The summed E-state index contributed by atoms with van der Waals surface area (Å²) >= 11 is 0. The minimum Gasteiger partial charge on any atom is -0.369 e. The van der Waals surface area contributed by atoms with Crippen molar-refractivity contribution in [2.24, 2.45) is 0 Å². The molecule has 0 N–H and O–H groups in total. The molecule has 0 aromatic rings. The van der Waals surface area contributed by atoms with Crippen LogP contribution in [0.5, 0.6) is 0 Å². The molecule has 0 saturated carbocycles. The van der Waals surface area contributed by atoms with E-state index >= 15 is 0 Å². The van der Waals surface area contributed by atoms with E-state index in [9.17, 15) is 4.79 Å². The van der Waals surface area contributed by atoms with E-state index in [0.717, 1.165) is 6.42 Å². The minimum absolute atomic E-state index is 0.0503. The van der Waals surface area contributed by atoms with Gasteiger partial charge in [0.15, 0.2) is 0 Å². The first-order valence-corrected chi connectivity index (χ1v) is 3.96. The zero-order valence-electron chi connectivity index (χ0n) is 7.76. The largest absolute Gasteiger partial charge is 0.369 e. The molecule has 0 radical (unpaired) electrons. The fourth-order valence-electron chi connectivity index (χ4n) is 0.853. The van der Waals surface area contributed by atoms with Crippen molar-refractivity contribution in [3.63, 3.8) is 0 Å². The third kappa shape index (κ3) is 3.37. The molecule has 0 aliphatic carbocycles. The zero-order chi connectivity index (χ0) is 8.85. The van der Waals surface area contributed by atoms with E-state index in [0.29, 0.717) is 6.61 Å². The lowest BCUT2D eigenvalue weighted by molar-refractivity contribution is -0.141. The number of nitrogens with zero attached hydrogens (tertiary/aromatic N) is 1. The van der Waals surface area contributed by atoms with Crippen molar-refractivity contribution < 1.29 is 9.53 Å². The van der Waals surface area contributed by atoms with Gasteiger partial charge in [-0.1, -0.05) is 6.92 Å². The molecule has 1 atom stereocenters. The van der Waals surface area contributed by atoms with Gasteiger partial charge in [-0.25, -0.2) is 0 Å². The molecular weight excluding hydrogens is 142 g/mol. The van der Waals surface area contributed by atoms with E-state index in [1.165, 1.54) is 0 Å². The van der Waals surface area contributed by atoms with Gasteiger partial charge in [0, 0.05) is 20.7 Å². The molecule has 0 aliphatic rings. The molecule has 3 heteroatoms. The summed E-state index contributed by atoms with van der Waals surface area (Å²) in [5.41, 5.74) is 0. The Morgan fingerprint density at radius 3 is 2.27 bits per heavy atom. The van der Waals surface area contributed by atoms with Crippen LogP contribution in [-0.4, -0.2) is 37.6 Å². The molecule has 0 aromatic heterocycles. The van der Waals surface area contributed by atoms with Gasteiger partial charge < -0.3 is 9.64 Å². The first-order chi connectivity index (χ1) is 5.13. The highest BCUT2D eigenvalue weighted by atomic mass is 16.5. The lowest BCUT2D eigenvalue weighted by Gasteiger charge is -2.18. The van der Waals surface area contributed by atoms with Crippen LogP contribution in [0.15, 0.2) is 0 Å². The number of hydrogen-bond donors (Lipinski definition) is 0. The van der Waals surface area contributed by atoms with Crippen LogP contribution in [0.1, 0.15) is 20.3 Å². The second kappa shape index (κ2) is 5.13. The Morgan fingerprint density at radius 1 is 1.45 bits per heavy atom. The number of ether oxygens (including phenoxy) is 1. The molecule has 0 fully saturated rings. The SMILES string of the molecule is CCOC(CC)C(=O)N(C)C. The molecule has 0 bridgehead atoms. The topological polar surface area (TPSA) is 29.5 Å². The predicted molar refractivity (Wildman–Crippen MR) is 44.4 cm³/mol. The summed E-state index contributed by atoms with van der Waals surface area (Å²) in [6.45, 7) is 4.44. The Balaban J connectivity index is 3.92. The lowest BCUT2D eigenvalue weighted by atomic mass is 10.2. The van der Waals surface area contributed by atoms with E-state index in [4.69, 9.17) is 4.74 Å². The maximum atomic E-state index is 11.3. The van der Waals surface area contributed by atoms with Crippen molar-refractivity contribution in [1.82, 2.24) is 4.90 Å². The quantitative estimate of drug-likeness (QED) is 0.609. The Labute approximate surface area is 68.3 Å². The van der Waals surface area contributed by atoms with Crippen molar-refractivity contribution in [2.75, 3.05) is 20.7 Å². The average molecular weight is 159 g/mol. The summed E-state index contributed by atoms with van der Waals surface area (Å²) in [5.74, 6) is 0.0503. The van der Waals surface area contributed by atoms with Gasteiger partial charge in [0.2, 0.25) is 0 Å². The van der Waals surface area contributed by atoms with Crippen molar-refractivity contribution >= 4 is 5.91 Å². The first kappa shape index (κ1) is 10.4. The molecule has 0 aliphatic heterocycles. The normalized spacial score (nSPS) is 12.7. The van der Waals surface area contributed by atoms with Gasteiger partial charge in [0.1, 0.15) is 6.10 Å². The van der Waals surface area contributed by atoms with Crippen LogP contribution in [0, 0.1) is 0 Å². The first-order valence-electron chi connectivity index (χ1n) is 3.96. The molecule has 0 aromatic carbocycles. The Bertz CT molecular complexity index is 123. The number of likely N-dealkylation sites (N-methyl/N-ethyl adjacent to an activating group) is 1. The van der Waals surface area contributed by atoms with Crippen LogP contribution >= 0.6 is 0 Å². The smallest absolute Gasteiger partial charge is 0.251 e. The highest BCUT2D eigenvalue weighted by Gasteiger charge is 2.17. The monoisotopic (exact) mass is 159 g/mol. The zero-order valence-corrected chi connectivity index (χ0v) is 7.76. The van der Waals surface area contributed by atoms with Crippen molar-refractivity contribution in [1.29, 1.82) is 0 Å². The number of rotatable bonds is 4. The average Bonchev–Trinajstić information content (AvgIpc) is 1.98. The third-order valence-corrected chi connectivity index (χ3v) is 1.45. The van der Waals surface area contributed by atoms with Crippen molar-refractivity contribution in [3.05, 3.63) is 0 Å². The van der Waals surface area contributed by atoms with Gasteiger partial charge in [0.05, 0.1) is 0 Å². The molecule has 1 amide bonds. The molecule has 66 valence electrons. The van der Waals surface area contributed by atoms with Gasteiger partial charge in [-0.3, -0.25) is 4.79 Å². The summed E-state index contributed by atoms with van der Waals surface area (Å²) in [4.78, 5) is 12.8. The van der Waals surface area contributed by atoms with Crippen LogP contribution in [0.2, 0.25) is 0 Å². The van der Waals surface area contributed by atoms with E-state index < -0.39 is 0 Å². The molecule has 11 heavy (non-hydrogen) atoms. The van der Waals surface area contributed by atoms with Crippen molar-refractivity contribution in [2.45, 2.75) is 26.4 Å². The van der Waals surface area contributed by atoms with Gasteiger partial charge in [-0.05, 0) is 13.3 Å². The third-order valence-electron chi connectivity index (χ3n) is 1.45. The summed E-state index contributed by atoms with van der Waals surface area (Å²) in [7, 11) is 3.48. The minimum atomic E-state index is -0.255. The van der Waals surface area contributed by atoms with E-state index in [1.807, 2.05) is 13.8 Å². The standard InChI is InChI=1S/C8H17NO2/c1-5-7(11-6-2)8(10)9(3)4/h7H,5-6H2,1-4H3. The van der Waals surface area contributed by atoms with Gasteiger partial charge in [0.25, 0.3) is 5.91 Å². The summed E-state index contributed by atoms with van der Waals surface area (Å²) in [5, 5.41) is 0. The van der Waals surface area contributed by atoms with Crippen LogP contribution in [0.25, 0.3) is 0 Å². The number of carbonyl (C=O) groups excluding carboxylic acids is 1. The summed E-state index contributed by atoms with van der Waals surface area (Å²) in [6.07, 6.45) is 0.486. The maximum absolute atomic E-state index is 11.3. The highest BCUT2D eigenvalue weighted by Crippen LogP contribution is 2.00. The summed E-state index contributed by atoms with van der Waals surface area (Å²) < 4.78 is 5.22. The molecule has 3 nitrogen and oxygen atoms in total. The molecule has 1 unspecified atom stereocenters. The predicted octanol–water partition coefficient (Wildman–Crippen LogP) is 0.890.